The smallest absolute Gasteiger partial charge is 0.253 e. The molecule has 0 aliphatic carbocycles. The van der Waals surface area contributed by atoms with E-state index in [0.29, 0.717) is 19.1 Å². The van der Waals surface area contributed by atoms with Crippen LogP contribution in [-0.2, 0) is 11.3 Å². The summed E-state index contributed by atoms with van der Waals surface area (Å²) >= 11 is 0. The predicted molar refractivity (Wildman–Crippen MR) is 129 cm³/mol. The lowest BCUT2D eigenvalue weighted by molar-refractivity contribution is -0.135. The summed E-state index contributed by atoms with van der Waals surface area (Å²) in [7, 11) is 0. The minimum atomic E-state index is 0.107. The average molecular weight is 436 g/mol. The van der Waals surface area contributed by atoms with Crippen molar-refractivity contribution in [2.24, 2.45) is 0 Å². The first-order valence-corrected chi connectivity index (χ1v) is 11.9. The average Bonchev–Trinajstić information content (AvgIpc) is 2.83. The molecule has 0 atom stereocenters. The molecular weight excluding hydrogens is 398 g/mol. The Morgan fingerprint density at radius 3 is 2.12 bits per heavy atom. The summed E-state index contributed by atoms with van der Waals surface area (Å²) in [5.41, 5.74) is 1.91. The first-order valence-electron chi connectivity index (χ1n) is 11.9. The van der Waals surface area contributed by atoms with Crippen LogP contribution >= 0.6 is 0 Å². The van der Waals surface area contributed by atoms with E-state index in [2.05, 4.69) is 37.8 Å². The number of nitrogens with zero attached hydrogens (tertiary/aromatic N) is 3. The van der Waals surface area contributed by atoms with Gasteiger partial charge in [0.2, 0.25) is 5.91 Å². The van der Waals surface area contributed by atoms with Crippen molar-refractivity contribution in [3.8, 4) is 0 Å². The molecule has 172 valence electrons. The Hall–Kier alpha value is -2.66. The number of carbonyl (C=O) groups is 2. The summed E-state index contributed by atoms with van der Waals surface area (Å²) in [5, 5.41) is 0. The van der Waals surface area contributed by atoms with Crippen LogP contribution in [-0.4, -0.2) is 64.8 Å². The van der Waals surface area contributed by atoms with Gasteiger partial charge in [0.15, 0.2) is 0 Å². The second kappa shape index (κ2) is 11.8. The van der Waals surface area contributed by atoms with Crippen molar-refractivity contribution in [2.75, 3.05) is 26.2 Å². The van der Waals surface area contributed by atoms with Crippen LogP contribution < -0.4 is 0 Å². The molecule has 0 aromatic heterocycles. The minimum absolute atomic E-state index is 0.107. The van der Waals surface area contributed by atoms with E-state index < -0.39 is 0 Å². The number of amides is 2. The number of piperidine rings is 1. The van der Waals surface area contributed by atoms with Crippen molar-refractivity contribution < 1.29 is 9.59 Å². The van der Waals surface area contributed by atoms with E-state index in [1.807, 2.05) is 58.3 Å². The lowest BCUT2D eigenvalue weighted by atomic mass is 10.0. The first-order chi connectivity index (χ1) is 15.5. The van der Waals surface area contributed by atoms with Crippen LogP contribution in [0.1, 0.15) is 56.0 Å². The highest BCUT2D eigenvalue weighted by Gasteiger charge is 2.29. The molecule has 1 aliphatic rings. The summed E-state index contributed by atoms with van der Waals surface area (Å²) < 4.78 is 0. The van der Waals surface area contributed by atoms with Crippen LogP contribution in [0.3, 0.4) is 0 Å². The van der Waals surface area contributed by atoms with Gasteiger partial charge in [0.1, 0.15) is 0 Å². The van der Waals surface area contributed by atoms with Crippen molar-refractivity contribution in [1.29, 1.82) is 0 Å². The zero-order chi connectivity index (χ0) is 22.9. The lowest BCUT2D eigenvalue weighted by Gasteiger charge is -2.39. The first kappa shape index (κ1) is 24.0. The van der Waals surface area contributed by atoms with Crippen molar-refractivity contribution in [1.82, 2.24) is 14.7 Å². The molecule has 0 bridgehead atoms. The van der Waals surface area contributed by atoms with Crippen LogP contribution in [0.2, 0.25) is 0 Å². The molecule has 2 amide bonds. The van der Waals surface area contributed by atoms with Crippen molar-refractivity contribution in [3.05, 3.63) is 71.8 Å². The Morgan fingerprint density at radius 2 is 1.56 bits per heavy atom. The summed E-state index contributed by atoms with van der Waals surface area (Å²) in [4.78, 5) is 32.3. The van der Waals surface area contributed by atoms with Gasteiger partial charge in [-0.1, -0.05) is 55.5 Å². The van der Waals surface area contributed by atoms with E-state index in [-0.39, 0.29) is 17.9 Å². The molecule has 0 saturated carbocycles. The van der Waals surface area contributed by atoms with E-state index in [1.54, 1.807) is 0 Å². The molecular formula is C27H37N3O2. The second-order valence-electron chi connectivity index (χ2n) is 8.96. The number of likely N-dealkylation sites (tertiary alicyclic amines) is 1. The molecule has 1 heterocycles. The van der Waals surface area contributed by atoms with Crippen molar-refractivity contribution >= 4 is 11.8 Å². The van der Waals surface area contributed by atoms with E-state index >= 15 is 0 Å². The quantitative estimate of drug-likeness (QED) is 0.585. The third-order valence-electron chi connectivity index (χ3n) is 6.28. The molecule has 1 saturated heterocycles. The fourth-order valence-corrected chi connectivity index (χ4v) is 4.48. The maximum atomic E-state index is 13.3. The molecule has 5 heteroatoms. The Kier molecular flexibility index (Phi) is 8.86. The summed E-state index contributed by atoms with van der Waals surface area (Å²) in [5.74, 6) is 0.288. The van der Waals surface area contributed by atoms with Crippen LogP contribution in [0.5, 0.6) is 0 Å². The summed E-state index contributed by atoms with van der Waals surface area (Å²) in [6.07, 6.45) is 2.83. The topological polar surface area (TPSA) is 43.9 Å². The Labute approximate surface area is 193 Å². The lowest BCUT2D eigenvalue weighted by Crippen LogP contribution is -2.51. The van der Waals surface area contributed by atoms with Gasteiger partial charge in [-0.05, 0) is 57.4 Å². The number of hydrogen-bond acceptors (Lipinski definition) is 3. The third-order valence-corrected chi connectivity index (χ3v) is 6.28. The van der Waals surface area contributed by atoms with Crippen molar-refractivity contribution in [3.63, 3.8) is 0 Å². The van der Waals surface area contributed by atoms with Gasteiger partial charge in [0, 0.05) is 37.3 Å². The molecule has 5 nitrogen and oxygen atoms in total. The number of carbonyl (C=O) groups excluding carboxylic acids is 2. The van der Waals surface area contributed by atoms with Gasteiger partial charge >= 0.3 is 0 Å². The van der Waals surface area contributed by atoms with E-state index in [1.165, 1.54) is 0 Å². The van der Waals surface area contributed by atoms with Crippen molar-refractivity contribution in [2.45, 2.75) is 58.7 Å². The highest BCUT2D eigenvalue weighted by atomic mass is 16.2. The van der Waals surface area contributed by atoms with E-state index in [4.69, 9.17) is 0 Å². The normalized spacial score (nSPS) is 14.7. The third kappa shape index (κ3) is 6.42. The zero-order valence-electron chi connectivity index (χ0n) is 19.7. The molecule has 0 radical (unpaired) electrons. The van der Waals surface area contributed by atoms with Gasteiger partial charge in [0.05, 0.1) is 6.54 Å². The molecule has 0 N–H and O–H groups in total. The van der Waals surface area contributed by atoms with E-state index in [9.17, 15) is 9.59 Å². The number of benzene rings is 2. The monoisotopic (exact) mass is 435 g/mol. The Bertz CT molecular complexity index is 846. The Morgan fingerprint density at radius 1 is 0.969 bits per heavy atom. The highest BCUT2D eigenvalue weighted by molar-refractivity contribution is 5.94. The van der Waals surface area contributed by atoms with Crippen LogP contribution in [0.4, 0.5) is 0 Å². The van der Waals surface area contributed by atoms with Gasteiger partial charge in [-0.3, -0.25) is 14.5 Å². The van der Waals surface area contributed by atoms with Crippen LogP contribution in [0, 0.1) is 0 Å². The molecule has 2 aromatic carbocycles. The maximum Gasteiger partial charge on any atom is 0.253 e. The molecule has 0 unspecified atom stereocenters. The Balaban J connectivity index is 1.60. The van der Waals surface area contributed by atoms with Crippen LogP contribution in [0.25, 0.3) is 0 Å². The van der Waals surface area contributed by atoms with Gasteiger partial charge in [-0.15, -0.1) is 0 Å². The molecule has 2 aromatic rings. The molecule has 32 heavy (non-hydrogen) atoms. The van der Waals surface area contributed by atoms with Gasteiger partial charge in [0.25, 0.3) is 5.91 Å². The fraction of sp³-hybridized carbons (Fsp3) is 0.481. The summed E-state index contributed by atoms with van der Waals surface area (Å²) in [6, 6.07) is 20.2. The minimum Gasteiger partial charge on any atom is -0.339 e. The van der Waals surface area contributed by atoms with Crippen LogP contribution in [0.15, 0.2) is 60.7 Å². The maximum absolute atomic E-state index is 13.3. The second-order valence-corrected chi connectivity index (χ2v) is 8.96. The van der Waals surface area contributed by atoms with E-state index in [0.717, 1.165) is 50.0 Å². The molecule has 0 spiro atoms. The molecule has 1 aliphatic heterocycles. The van der Waals surface area contributed by atoms with Gasteiger partial charge in [-0.25, -0.2) is 0 Å². The van der Waals surface area contributed by atoms with Gasteiger partial charge in [-0.2, -0.15) is 0 Å². The number of rotatable bonds is 9. The zero-order valence-corrected chi connectivity index (χ0v) is 19.7. The standard InChI is InChI=1S/C27H37N3O2/c1-4-17-29(21-26(31)30(22(2)3)20-23-11-7-5-8-12-23)25-15-18-28(19-16-25)27(32)24-13-9-6-10-14-24/h5-14,22,25H,4,15-21H2,1-3H3. The predicted octanol–water partition coefficient (Wildman–Crippen LogP) is 4.44. The summed E-state index contributed by atoms with van der Waals surface area (Å²) in [6.45, 7) is 9.79. The molecule has 3 rings (SSSR count). The largest absolute Gasteiger partial charge is 0.339 e. The number of hydrogen-bond donors (Lipinski definition) is 0. The SMILES string of the molecule is CCCN(CC(=O)N(Cc1ccccc1)C(C)C)C1CCN(C(=O)c2ccccc2)CC1. The molecule has 1 fully saturated rings. The fourth-order valence-electron chi connectivity index (χ4n) is 4.48. The highest BCUT2D eigenvalue weighted by Crippen LogP contribution is 2.20. The van der Waals surface area contributed by atoms with Gasteiger partial charge < -0.3 is 9.80 Å².